The molecule has 0 saturated carbocycles. The zero-order valence-corrected chi connectivity index (χ0v) is 10.2. The zero-order valence-electron chi connectivity index (χ0n) is 10.2. The van der Waals surface area contributed by atoms with Crippen LogP contribution in [0.5, 0.6) is 0 Å². The Labute approximate surface area is 89.1 Å². The molecule has 1 heterocycles. The molecule has 0 aromatic heterocycles. The number of hydrogen-bond acceptors (Lipinski definition) is 2. The molecular weight excluding hydrogens is 172 g/mol. The number of hydrogen-bond donors (Lipinski definition) is 1. The summed E-state index contributed by atoms with van der Waals surface area (Å²) in [6, 6.07) is 0.732. The molecule has 0 radical (unpaired) electrons. The minimum atomic E-state index is 0.732. The van der Waals surface area contributed by atoms with Crippen LogP contribution in [0.15, 0.2) is 0 Å². The third kappa shape index (κ3) is 3.58. The molecule has 84 valence electrons. The van der Waals surface area contributed by atoms with Gasteiger partial charge < -0.3 is 10.2 Å². The Balaban J connectivity index is 2.47. The minimum absolute atomic E-state index is 0.732. The SMILES string of the molecule is CC1CNCCCN(C(C)C(C)C)C1. The second-order valence-corrected chi connectivity index (χ2v) is 5.14. The van der Waals surface area contributed by atoms with Crippen molar-refractivity contribution in [2.24, 2.45) is 11.8 Å². The molecule has 1 saturated heterocycles. The highest BCUT2D eigenvalue weighted by molar-refractivity contribution is 4.75. The monoisotopic (exact) mass is 198 g/mol. The lowest BCUT2D eigenvalue weighted by atomic mass is 10.0. The van der Waals surface area contributed by atoms with Crippen molar-refractivity contribution in [1.82, 2.24) is 10.2 Å². The first-order valence-corrected chi connectivity index (χ1v) is 6.06. The maximum Gasteiger partial charge on any atom is 0.00900 e. The van der Waals surface area contributed by atoms with E-state index >= 15 is 0 Å². The average molecular weight is 198 g/mol. The maximum atomic E-state index is 3.50. The summed E-state index contributed by atoms with van der Waals surface area (Å²) in [5.74, 6) is 1.56. The molecular formula is C12H26N2. The molecule has 1 fully saturated rings. The molecule has 0 spiro atoms. The smallest absolute Gasteiger partial charge is 0.00900 e. The van der Waals surface area contributed by atoms with Crippen molar-refractivity contribution < 1.29 is 0 Å². The van der Waals surface area contributed by atoms with E-state index < -0.39 is 0 Å². The summed E-state index contributed by atoms with van der Waals surface area (Å²) in [5, 5.41) is 3.50. The third-order valence-electron chi connectivity index (χ3n) is 3.38. The van der Waals surface area contributed by atoms with Gasteiger partial charge in [0.25, 0.3) is 0 Å². The van der Waals surface area contributed by atoms with Crippen LogP contribution in [0.1, 0.15) is 34.1 Å². The quantitative estimate of drug-likeness (QED) is 0.730. The van der Waals surface area contributed by atoms with Crippen molar-refractivity contribution in [3.63, 3.8) is 0 Å². The van der Waals surface area contributed by atoms with Gasteiger partial charge in [0.05, 0.1) is 0 Å². The van der Waals surface area contributed by atoms with Crippen molar-refractivity contribution >= 4 is 0 Å². The van der Waals surface area contributed by atoms with Crippen LogP contribution >= 0.6 is 0 Å². The number of nitrogens with zero attached hydrogens (tertiary/aromatic N) is 1. The molecule has 1 aliphatic rings. The van der Waals surface area contributed by atoms with Crippen molar-refractivity contribution in [3.8, 4) is 0 Å². The van der Waals surface area contributed by atoms with Crippen molar-refractivity contribution in [2.75, 3.05) is 26.2 Å². The Hall–Kier alpha value is -0.0800. The van der Waals surface area contributed by atoms with Gasteiger partial charge >= 0.3 is 0 Å². The maximum absolute atomic E-state index is 3.50. The highest BCUT2D eigenvalue weighted by Gasteiger charge is 2.20. The van der Waals surface area contributed by atoms with Gasteiger partial charge in [-0.05, 0) is 44.8 Å². The van der Waals surface area contributed by atoms with E-state index in [1.165, 1.54) is 32.6 Å². The lowest BCUT2D eigenvalue weighted by molar-refractivity contribution is 0.135. The first kappa shape index (κ1) is 12.0. The highest BCUT2D eigenvalue weighted by atomic mass is 15.2. The summed E-state index contributed by atoms with van der Waals surface area (Å²) in [5.41, 5.74) is 0. The predicted octanol–water partition coefficient (Wildman–Crippen LogP) is 1.96. The van der Waals surface area contributed by atoms with E-state index in [4.69, 9.17) is 0 Å². The summed E-state index contributed by atoms with van der Waals surface area (Å²) < 4.78 is 0. The van der Waals surface area contributed by atoms with Crippen LogP contribution < -0.4 is 5.32 Å². The van der Waals surface area contributed by atoms with Crippen molar-refractivity contribution in [2.45, 2.75) is 40.2 Å². The van der Waals surface area contributed by atoms with E-state index in [2.05, 4.69) is 37.9 Å². The molecule has 0 aromatic carbocycles. The van der Waals surface area contributed by atoms with E-state index in [9.17, 15) is 0 Å². The van der Waals surface area contributed by atoms with Gasteiger partial charge in [0.1, 0.15) is 0 Å². The zero-order chi connectivity index (χ0) is 10.6. The van der Waals surface area contributed by atoms with Crippen LogP contribution in [0, 0.1) is 11.8 Å². The Morgan fingerprint density at radius 3 is 2.64 bits per heavy atom. The number of rotatable bonds is 2. The van der Waals surface area contributed by atoms with Crippen LogP contribution in [-0.4, -0.2) is 37.1 Å². The fraction of sp³-hybridized carbons (Fsp3) is 1.00. The Morgan fingerprint density at radius 2 is 2.00 bits per heavy atom. The molecule has 1 N–H and O–H groups in total. The summed E-state index contributed by atoms with van der Waals surface area (Å²) in [4.78, 5) is 2.66. The highest BCUT2D eigenvalue weighted by Crippen LogP contribution is 2.13. The minimum Gasteiger partial charge on any atom is -0.316 e. The van der Waals surface area contributed by atoms with Gasteiger partial charge in [-0.3, -0.25) is 0 Å². The lowest BCUT2D eigenvalue weighted by Crippen LogP contribution is -2.44. The summed E-state index contributed by atoms with van der Waals surface area (Å²) >= 11 is 0. The largest absolute Gasteiger partial charge is 0.316 e. The van der Waals surface area contributed by atoms with E-state index in [1.807, 2.05) is 0 Å². The van der Waals surface area contributed by atoms with Gasteiger partial charge in [0, 0.05) is 12.6 Å². The van der Waals surface area contributed by atoms with Crippen LogP contribution in [0.25, 0.3) is 0 Å². The fourth-order valence-corrected chi connectivity index (χ4v) is 2.10. The summed E-state index contributed by atoms with van der Waals surface area (Å²) in [6.07, 6.45) is 1.30. The first-order chi connectivity index (χ1) is 6.61. The predicted molar refractivity (Wildman–Crippen MR) is 62.5 cm³/mol. The molecule has 2 atom stereocenters. The lowest BCUT2D eigenvalue weighted by Gasteiger charge is -2.35. The normalized spacial score (nSPS) is 28.5. The molecule has 0 bridgehead atoms. The molecule has 2 heteroatoms. The molecule has 2 unspecified atom stereocenters. The first-order valence-electron chi connectivity index (χ1n) is 6.06. The third-order valence-corrected chi connectivity index (χ3v) is 3.38. The summed E-state index contributed by atoms with van der Waals surface area (Å²) in [7, 11) is 0. The molecule has 1 aliphatic heterocycles. The van der Waals surface area contributed by atoms with E-state index in [1.54, 1.807) is 0 Å². The van der Waals surface area contributed by atoms with Crippen molar-refractivity contribution in [3.05, 3.63) is 0 Å². The standard InChI is InChI=1S/C12H26N2/c1-10(2)12(4)14-7-5-6-13-8-11(3)9-14/h10-13H,5-9H2,1-4H3. The van der Waals surface area contributed by atoms with Gasteiger partial charge in [0.2, 0.25) is 0 Å². The Bertz CT molecular complexity index is 156. The molecule has 1 rings (SSSR count). The van der Waals surface area contributed by atoms with Gasteiger partial charge in [-0.25, -0.2) is 0 Å². The molecule has 2 nitrogen and oxygen atoms in total. The molecule has 0 amide bonds. The number of nitrogens with one attached hydrogen (secondary N) is 1. The Kier molecular flexibility index (Phi) is 4.90. The molecule has 0 aliphatic carbocycles. The van der Waals surface area contributed by atoms with Crippen LogP contribution in [0.2, 0.25) is 0 Å². The molecule has 14 heavy (non-hydrogen) atoms. The Morgan fingerprint density at radius 1 is 1.29 bits per heavy atom. The average Bonchev–Trinajstić information content (AvgIpc) is 2.09. The van der Waals surface area contributed by atoms with Crippen LogP contribution in [0.4, 0.5) is 0 Å². The second kappa shape index (κ2) is 5.72. The van der Waals surface area contributed by atoms with Crippen molar-refractivity contribution in [1.29, 1.82) is 0 Å². The van der Waals surface area contributed by atoms with Gasteiger partial charge in [-0.15, -0.1) is 0 Å². The fourth-order valence-electron chi connectivity index (χ4n) is 2.10. The molecule has 0 aromatic rings. The van der Waals surface area contributed by atoms with Gasteiger partial charge in [0.15, 0.2) is 0 Å². The van der Waals surface area contributed by atoms with E-state index in [0.29, 0.717) is 0 Å². The summed E-state index contributed by atoms with van der Waals surface area (Å²) in [6.45, 7) is 14.2. The van der Waals surface area contributed by atoms with Gasteiger partial charge in [-0.2, -0.15) is 0 Å². The second-order valence-electron chi connectivity index (χ2n) is 5.14. The van der Waals surface area contributed by atoms with Crippen LogP contribution in [0.3, 0.4) is 0 Å². The topological polar surface area (TPSA) is 15.3 Å². The van der Waals surface area contributed by atoms with E-state index in [0.717, 1.165) is 17.9 Å². The van der Waals surface area contributed by atoms with Gasteiger partial charge in [-0.1, -0.05) is 20.8 Å². The van der Waals surface area contributed by atoms with E-state index in [-0.39, 0.29) is 0 Å². The van der Waals surface area contributed by atoms with Crippen LogP contribution in [-0.2, 0) is 0 Å².